The van der Waals surface area contributed by atoms with Gasteiger partial charge in [-0.2, -0.15) is 0 Å². The van der Waals surface area contributed by atoms with E-state index < -0.39 is 0 Å². The number of nitrogens with zero attached hydrogens (tertiary/aromatic N) is 1. The predicted molar refractivity (Wildman–Crippen MR) is 109 cm³/mol. The molecule has 0 saturated carbocycles. The van der Waals surface area contributed by atoms with Crippen LogP contribution in [0, 0.1) is 5.92 Å². The van der Waals surface area contributed by atoms with Crippen LogP contribution < -0.4 is 5.32 Å². The molecule has 0 aliphatic carbocycles. The number of amides is 2. The van der Waals surface area contributed by atoms with Gasteiger partial charge in [-0.15, -0.1) is 0 Å². The van der Waals surface area contributed by atoms with Crippen molar-refractivity contribution in [3.05, 3.63) is 59.5 Å². The second kappa shape index (κ2) is 8.21. The Bertz CT molecular complexity index is 795. The van der Waals surface area contributed by atoms with Crippen LogP contribution in [0.25, 0.3) is 0 Å². The summed E-state index contributed by atoms with van der Waals surface area (Å²) in [6.07, 6.45) is 4.34. The Hall–Kier alpha value is -2.56. The van der Waals surface area contributed by atoms with Crippen LogP contribution in [0.2, 0.25) is 0 Å². The third kappa shape index (κ3) is 4.64. The average molecular weight is 383 g/mol. The molecule has 1 fully saturated rings. The molecule has 2 heterocycles. The van der Waals surface area contributed by atoms with E-state index >= 15 is 0 Å². The summed E-state index contributed by atoms with van der Waals surface area (Å²) in [5, 5.41) is 3.14. The van der Waals surface area contributed by atoms with Crippen LogP contribution in [-0.2, 0) is 10.2 Å². The number of rotatable bonds is 4. The summed E-state index contributed by atoms with van der Waals surface area (Å²) in [4.78, 5) is 26.8. The number of hydrogen-bond donors (Lipinski definition) is 1. The first-order chi connectivity index (χ1) is 13.3. The lowest BCUT2D eigenvalue weighted by atomic mass is 9.86. The molecular weight excluding hydrogens is 352 g/mol. The standard InChI is InChI=1S/C23H30N2O3/c1-16(17-5-7-20(8-6-17)23(2,3)4)24-21(26)18-9-12-25(13-10-18)22(27)19-11-14-28-15-19/h5-8,11,14-16,18H,9-10,12-13H2,1-4H3,(H,24,26). The third-order valence-electron chi connectivity index (χ3n) is 5.56. The van der Waals surface area contributed by atoms with E-state index in [1.807, 2.05) is 6.92 Å². The van der Waals surface area contributed by atoms with Gasteiger partial charge >= 0.3 is 0 Å². The normalized spacial score (nSPS) is 16.6. The molecular formula is C23H30N2O3. The zero-order valence-electron chi connectivity index (χ0n) is 17.2. The second-order valence-electron chi connectivity index (χ2n) is 8.68. The number of piperidine rings is 1. The fourth-order valence-corrected chi connectivity index (χ4v) is 3.60. The number of carbonyl (C=O) groups is 2. The van der Waals surface area contributed by atoms with E-state index in [-0.39, 0.29) is 29.2 Å². The maximum Gasteiger partial charge on any atom is 0.257 e. The lowest BCUT2D eigenvalue weighted by molar-refractivity contribution is -0.127. The van der Waals surface area contributed by atoms with Crippen molar-refractivity contribution in [2.45, 2.75) is 52.0 Å². The van der Waals surface area contributed by atoms with Crippen molar-refractivity contribution in [2.24, 2.45) is 5.92 Å². The highest BCUT2D eigenvalue weighted by molar-refractivity contribution is 5.94. The lowest BCUT2D eigenvalue weighted by Crippen LogP contribution is -2.43. The molecule has 5 heteroatoms. The molecule has 1 aromatic heterocycles. The van der Waals surface area contributed by atoms with Gasteiger partial charge < -0.3 is 14.6 Å². The van der Waals surface area contributed by atoms with Crippen LogP contribution in [0.1, 0.15) is 68.1 Å². The Morgan fingerprint density at radius 3 is 2.29 bits per heavy atom. The maximum atomic E-state index is 12.7. The fourth-order valence-electron chi connectivity index (χ4n) is 3.60. The first-order valence-electron chi connectivity index (χ1n) is 9.98. The molecule has 1 aromatic carbocycles. The Morgan fingerprint density at radius 1 is 1.11 bits per heavy atom. The van der Waals surface area contributed by atoms with Gasteiger partial charge in [0.15, 0.2) is 0 Å². The summed E-state index contributed by atoms with van der Waals surface area (Å²) in [5.41, 5.74) is 3.07. The highest BCUT2D eigenvalue weighted by atomic mass is 16.3. The van der Waals surface area contributed by atoms with E-state index in [0.717, 1.165) is 5.56 Å². The van der Waals surface area contributed by atoms with E-state index in [2.05, 4.69) is 50.4 Å². The molecule has 1 unspecified atom stereocenters. The van der Waals surface area contributed by atoms with Gasteiger partial charge in [0.05, 0.1) is 17.9 Å². The predicted octanol–water partition coefficient (Wildman–Crippen LogP) is 4.31. The number of carbonyl (C=O) groups excluding carboxylic acids is 2. The zero-order chi connectivity index (χ0) is 20.3. The highest BCUT2D eigenvalue weighted by Gasteiger charge is 2.29. The summed E-state index contributed by atoms with van der Waals surface area (Å²) < 4.78 is 4.99. The Balaban J connectivity index is 1.52. The van der Waals surface area contributed by atoms with Crippen LogP contribution in [0.3, 0.4) is 0 Å². The van der Waals surface area contributed by atoms with Gasteiger partial charge in [0.2, 0.25) is 5.91 Å². The molecule has 1 N–H and O–H groups in total. The molecule has 1 saturated heterocycles. The minimum atomic E-state index is -0.0512. The first-order valence-corrected chi connectivity index (χ1v) is 9.98. The monoisotopic (exact) mass is 382 g/mol. The number of hydrogen-bond acceptors (Lipinski definition) is 3. The van der Waals surface area contributed by atoms with Gasteiger partial charge in [-0.3, -0.25) is 9.59 Å². The van der Waals surface area contributed by atoms with Crippen LogP contribution in [0.15, 0.2) is 47.3 Å². The third-order valence-corrected chi connectivity index (χ3v) is 5.56. The zero-order valence-corrected chi connectivity index (χ0v) is 17.2. The maximum absolute atomic E-state index is 12.7. The van der Waals surface area contributed by atoms with E-state index in [9.17, 15) is 9.59 Å². The van der Waals surface area contributed by atoms with E-state index in [1.54, 1.807) is 11.0 Å². The Labute approximate surface area is 167 Å². The Kier molecular flexibility index (Phi) is 5.92. The Morgan fingerprint density at radius 2 is 1.75 bits per heavy atom. The fraction of sp³-hybridized carbons (Fsp3) is 0.478. The lowest BCUT2D eigenvalue weighted by Gasteiger charge is -2.31. The summed E-state index contributed by atoms with van der Waals surface area (Å²) in [6.45, 7) is 9.78. The van der Waals surface area contributed by atoms with Gasteiger partial charge in [0, 0.05) is 19.0 Å². The van der Waals surface area contributed by atoms with E-state index in [4.69, 9.17) is 4.42 Å². The van der Waals surface area contributed by atoms with Gasteiger partial charge in [-0.05, 0) is 42.4 Å². The quantitative estimate of drug-likeness (QED) is 0.857. The number of benzene rings is 1. The van der Waals surface area contributed by atoms with Crippen molar-refractivity contribution in [1.29, 1.82) is 0 Å². The van der Waals surface area contributed by atoms with Crippen molar-refractivity contribution >= 4 is 11.8 Å². The molecule has 0 bridgehead atoms. The van der Waals surface area contributed by atoms with Crippen molar-refractivity contribution in [1.82, 2.24) is 10.2 Å². The minimum Gasteiger partial charge on any atom is -0.472 e. The summed E-state index contributed by atoms with van der Waals surface area (Å²) in [5.74, 6) is -0.00702. The largest absolute Gasteiger partial charge is 0.472 e. The second-order valence-corrected chi connectivity index (χ2v) is 8.68. The molecule has 2 aromatic rings. The van der Waals surface area contributed by atoms with Gasteiger partial charge in [-0.25, -0.2) is 0 Å². The van der Waals surface area contributed by atoms with Gasteiger partial charge in [0.1, 0.15) is 6.26 Å². The SMILES string of the molecule is CC(NC(=O)C1CCN(C(=O)c2ccoc2)CC1)c1ccc(C(C)(C)C)cc1. The average Bonchev–Trinajstić information content (AvgIpc) is 3.21. The number of nitrogens with one attached hydrogen (secondary N) is 1. The molecule has 0 spiro atoms. The van der Waals surface area contributed by atoms with Crippen LogP contribution in [0.4, 0.5) is 0 Å². The van der Waals surface area contributed by atoms with Crippen LogP contribution in [-0.4, -0.2) is 29.8 Å². The summed E-state index contributed by atoms with van der Waals surface area (Å²) in [7, 11) is 0. The van der Waals surface area contributed by atoms with Crippen LogP contribution >= 0.6 is 0 Å². The van der Waals surface area contributed by atoms with E-state index in [0.29, 0.717) is 31.5 Å². The number of likely N-dealkylation sites (tertiary alicyclic amines) is 1. The molecule has 2 amide bonds. The molecule has 3 rings (SSSR count). The molecule has 0 radical (unpaired) electrons. The van der Waals surface area contributed by atoms with Crippen LogP contribution in [0.5, 0.6) is 0 Å². The number of furan rings is 1. The van der Waals surface area contributed by atoms with Crippen molar-refractivity contribution in [3.8, 4) is 0 Å². The molecule has 1 aliphatic rings. The summed E-state index contributed by atoms with van der Waals surface area (Å²) in [6, 6.07) is 10.1. The van der Waals surface area contributed by atoms with Crippen molar-refractivity contribution in [2.75, 3.05) is 13.1 Å². The minimum absolute atomic E-state index is 0.0279. The topological polar surface area (TPSA) is 62.6 Å². The molecule has 5 nitrogen and oxygen atoms in total. The van der Waals surface area contributed by atoms with Crippen molar-refractivity contribution in [3.63, 3.8) is 0 Å². The molecule has 1 aliphatic heterocycles. The summed E-state index contributed by atoms with van der Waals surface area (Å²) >= 11 is 0. The van der Waals surface area contributed by atoms with Crippen molar-refractivity contribution < 1.29 is 14.0 Å². The molecule has 1 atom stereocenters. The highest BCUT2D eigenvalue weighted by Crippen LogP contribution is 2.25. The van der Waals surface area contributed by atoms with E-state index in [1.165, 1.54) is 18.1 Å². The molecule has 28 heavy (non-hydrogen) atoms. The first kappa shape index (κ1) is 20.2. The molecule has 150 valence electrons. The van der Waals surface area contributed by atoms with Gasteiger partial charge in [0.25, 0.3) is 5.91 Å². The smallest absolute Gasteiger partial charge is 0.257 e. The van der Waals surface area contributed by atoms with Gasteiger partial charge in [-0.1, -0.05) is 45.0 Å².